The first-order valence-electron chi connectivity index (χ1n) is 4.61. The number of carbonyl (C=O) groups is 1. The first kappa shape index (κ1) is 11.5. The zero-order valence-corrected chi connectivity index (χ0v) is 8.82. The zero-order valence-electron chi connectivity index (χ0n) is 8.82. The molecular formula is C11H14O4. The van der Waals surface area contributed by atoms with Gasteiger partial charge in [0.2, 0.25) is 0 Å². The molecule has 0 fully saturated rings. The van der Waals surface area contributed by atoms with Crippen molar-refractivity contribution in [1.82, 2.24) is 0 Å². The predicted octanol–water partition coefficient (Wildman–Crippen LogP) is 1.72. The molecule has 4 nitrogen and oxygen atoms in total. The van der Waals surface area contributed by atoms with Crippen LogP contribution in [0.15, 0.2) is 18.2 Å². The van der Waals surface area contributed by atoms with Gasteiger partial charge in [0.05, 0.1) is 12.2 Å². The number of benzene rings is 1. The monoisotopic (exact) mass is 210 g/mol. The topological polar surface area (TPSA) is 55.8 Å². The summed E-state index contributed by atoms with van der Waals surface area (Å²) in [5.41, 5.74) is 0.992. The molecule has 0 heterocycles. The number of aryl methyl sites for hydroxylation is 1. The molecule has 1 rings (SSSR count). The van der Waals surface area contributed by atoms with E-state index in [9.17, 15) is 4.79 Å². The van der Waals surface area contributed by atoms with Gasteiger partial charge in [-0.15, -0.1) is 0 Å². The summed E-state index contributed by atoms with van der Waals surface area (Å²) >= 11 is 0. The third kappa shape index (κ3) is 3.25. The molecule has 4 heteroatoms. The number of methoxy groups -OCH3 is 1. The fourth-order valence-corrected chi connectivity index (χ4v) is 1.16. The summed E-state index contributed by atoms with van der Waals surface area (Å²) in [6, 6.07) is 5.00. The van der Waals surface area contributed by atoms with Gasteiger partial charge < -0.3 is 14.6 Å². The lowest BCUT2D eigenvalue weighted by Gasteiger charge is -2.07. The van der Waals surface area contributed by atoms with Gasteiger partial charge in [-0.1, -0.05) is 6.07 Å². The molecular weight excluding hydrogens is 196 g/mol. The summed E-state index contributed by atoms with van der Waals surface area (Å²) in [6.07, 6.45) is 0. The summed E-state index contributed by atoms with van der Waals surface area (Å²) in [4.78, 5) is 10.8. The highest BCUT2D eigenvalue weighted by atomic mass is 16.5. The van der Waals surface area contributed by atoms with Crippen molar-refractivity contribution in [3.63, 3.8) is 0 Å². The Hall–Kier alpha value is -1.55. The smallest absolute Gasteiger partial charge is 0.336 e. The molecule has 1 aromatic carbocycles. The third-order valence-corrected chi connectivity index (χ3v) is 2.00. The number of carboxylic acid groups (broad SMARTS) is 1. The summed E-state index contributed by atoms with van der Waals surface area (Å²) in [7, 11) is 1.58. The Morgan fingerprint density at radius 1 is 1.40 bits per heavy atom. The number of carboxylic acids is 1. The largest absolute Gasteiger partial charge is 0.491 e. The second-order valence-corrected chi connectivity index (χ2v) is 3.12. The molecule has 0 aliphatic carbocycles. The number of hydrogen-bond acceptors (Lipinski definition) is 3. The van der Waals surface area contributed by atoms with Gasteiger partial charge in [0.25, 0.3) is 0 Å². The highest BCUT2D eigenvalue weighted by Gasteiger charge is 2.07. The van der Waals surface area contributed by atoms with E-state index in [0.29, 0.717) is 19.0 Å². The van der Waals surface area contributed by atoms with Gasteiger partial charge in [0.15, 0.2) is 0 Å². The Morgan fingerprint density at radius 3 is 2.73 bits per heavy atom. The molecule has 1 aromatic rings. The van der Waals surface area contributed by atoms with E-state index in [0.717, 1.165) is 5.56 Å². The van der Waals surface area contributed by atoms with Crippen LogP contribution in [0.25, 0.3) is 0 Å². The molecule has 0 saturated carbocycles. The van der Waals surface area contributed by atoms with Crippen LogP contribution in [0.3, 0.4) is 0 Å². The maximum atomic E-state index is 10.8. The number of aromatic carboxylic acids is 1. The minimum Gasteiger partial charge on any atom is -0.491 e. The van der Waals surface area contributed by atoms with E-state index in [2.05, 4.69) is 0 Å². The van der Waals surface area contributed by atoms with Crippen LogP contribution >= 0.6 is 0 Å². The molecule has 0 aliphatic rings. The second kappa shape index (κ2) is 5.36. The molecule has 0 saturated heterocycles. The zero-order chi connectivity index (χ0) is 11.3. The van der Waals surface area contributed by atoms with Crippen LogP contribution < -0.4 is 4.74 Å². The highest BCUT2D eigenvalue weighted by molar-refractivity contribution is 5.89. The van der Waals surface area contributed by atoms with Gasteiger partial charge in [-0.25, -0.2) is 4.79 Å². The predicted molar refractivity (Wildman–Crippen MR) is 55.5 cm³/mol. The summed E-state index contributed by atoms with van der Waals surface area (Å²) in [6.45, 7) is 2.65. The molecule has 0 aromatic heterocycles. The number of hydrogen-bond donors (Lipinski definition) is 1. The standard InChI is InChI=1S/C11H14O4/c1-8-3-4-9(15-6-5-14-2)7-10(8)11(12)13/h3-4,7H,5-6H2,1-2H3,(H,12,13). The van der Waals surface area contributed by atoms with Crippen LogP contribution in [-0.2, 0) is 4.74 Å². The van der Waals surface area contributed by atoms with Gasteiger partial charge in [-0.05, 0) is 24.6 Å². The van der Waals surface area contributed by atoms with Gasteiger partial charge in [0.1, 0.15) is 12.4 Å². The summed E-state index contributed by atoms with van der Waals surface area (Å²) in [5.74, 6) is -0.389. The van der Waals surface area contributed by atoms with Crippen molar-refractivity contribution in [1.29, 1.82) is 0 Å². The number of rotatable bonds is 5. The average Bonchev–Trinajstić information content (AvgIpc) is 2.20. The van der Waals surface area contributed by atoms with Gasteiger partial charge in [-0.2, -0.15) is 0 Å². The normalized spacial score (nSPS) is 10.0. The molecule has 0 amide bonds. The maximum Gasteiger partial charge on any atom is 0.336 e. The molecule has 0 bridgehead atoms. The first-order valence-corrected chi connectivity index (χ1v) is 4.61. The highest BCUT2D eigenvalue weighted by Crippen LogP contribution is 2.17. The third-order valence-electron chi connectivity index (χ3n) is 2.00. The second-order valence-electron chi connectivity index (χ2n) is 3.12. The van der Waals surface area contributed by atoms with E-state index in [-0.39, 0.29) is 5.56 Å². The molecule has 15 heavy (non-hydrogen) atoms. The minimum absolute atomic E-state index is 0.268. The molecule has 1 N–H and O–H groups in total. The Bertz CT molecular complexity index is 346. The Labute approximate surface area is 88.4 Å². The van der Waals surface area contributed by atoms with Gasteiger partial charge >= 0.3 is 5.97 Å². The average molecular weight is 210 g/mol. The molecule has 0 aliphatic heterocycles. The van der Waals surface area contributed by atoms with Gasteiger partial charge in [0, 0.05) is 7.11 Å². The first-order chi connectivity index (χ1) is 7.15. The van der Waals surface area contributed by atoms with Crippen LogP contribution in [0.2, 0.25) is 0 Å². The maximum absolute atomic E-state index is 10.8. The molecule has 0 radical (unpaired) electrons. The van der Waals surface area contributed by atoms with Crippen molar-refractivity contribution < 1.29 is 19.4 Å². The minimum atomic E-state index is -0.940. The lowest BCUT2D eigenvalue weighted by molar-refractivity contribution is 0.0695. The molecule has 82 valence electrons. The van der Waals surface area contributed by atoms with Crippen molar-refractivity contribution in [3.8, 4) is 5.75 Å². The Balaban J connectivity index is 2.74. The van der Waals surface area contributed by atoms with E-state index in [1.165, 1.54) is 6.07 Å². The van der Waals surface area contributed by atoms with Crippen molar-refractivity contribution >= 4 is 5.97 Å². The lowest BCUT2D eigenvalue weighted by Crippen LogP contribution is -2.06. The van der Waals surface area contributed by atoms with Crippen LogP contribution in [0, 0.1) is 6.92 Å². The van der Waals surface area contributed by atoms with E-state index in [4.69, 9.17) is 14.6 Å². The number of ether oxygens (including phenoxy) is 2. The Kier molecular flexibility index (Phi) is 4.12. The van der Waals surface area contributed by atoms with Crippen molar-refractivity contribution in [3.05, 3.63) is 29.3 Å². The van der Waals surface area contributed by atoms with Crippen LogP contribution in [-0.4, -0.2) is 31.4 Å². The van der Waals surface area contributed by atoms with Gasteiger partial charge in [-0.3, -0.25) is 0 Å². The van der Waals surface area contributed by atoms with E-state index < -0.39 is 5.97 Å². The van der Waals surface area contributed by atoms with Crippen molar-refractivity contribution in [2.45, 2.75) is 6.92 Å². The molecule has 0 unspecified atom stereocenters. The van der Waals surface area contributed by atoms with Crippen LogP contribution in [0.1, 0.15) is 15.9 Å². The van der Waals surface area contributed by atoms with Crippen LogP contribution in [0.5, 0.6) is 5.75 Å². The summed E-state index contributed by atoms with van der Waals surface area (Å²) in [5, 5.41) is 8.88. The van der Waals surface area contributed by atoms with Crippen LogP contribution in [0.4, 0.5) is 0 Å². The lowest BCUT2D eigenvalue weighted by atomic mass is 10.1. The SMILES string of the molecule is COCCOc1ccc(C)c(C(=O)O)c1. The Morgan fingerprint density at radius 2 is 2.13 bits per heavy atom. The van der Waals surface area contributed by atoms with E-state index in [1.807, 2.05) is 0 Å². The quantitative estimate of drug-likeness (QED) is 0.752. The molecule has 0 spiro atoms. The van der Waals surface area contributed by atoms with E-state index >= 15 is 0 Å². The summed E-state index contributed by atoms with van der Waals surface area (Å²) < 4.78 is 10.1. The van der Waals surface area contributed by atoms with E-state index in [1.54, 1.807) is 26.2 Å². The molecule has 0 atom stereocenters. The fraction of sp³-hybridized carbons (Fsp3) is 0.364. The van der Waals surface area contributed by atoms with Crippen molar-refractivity contribution in [2.75, 3.05) is 20.3 Å². The van der Waals surface area contributed by atoms with Crippen molar-refractivity contribution in [2.24, 2.45) is 0 Å². The fourth-order valence-electron chi connectivity index (χ4n) is 1.16.